The summed E-state index contributed by atoms with van der Waals surface area (Å²) in [5.41, 5.74) is 0. The van der Waals surface area contributed by atoms with E-state index in [0.717, 1.165) is 0 Å². The molecule has 0 bridgehead atoms. The van der Waals surface area contributed by atoms with Crippen LogP contribution in [0.2, 0.25) is 13.1 Å². The van der Waals surface area contributed by atoms with Crippen molar-refractivity contribution in [3.05, 3.63) is 13.1 Å². The highest BCUT2D eigenvalue weighted by Crippen LogP contribution is 1.90. The first-order valence-corrected chi connectivity index (χ1v) is 4.73. The summed E-state index contributed by atoms with van der Waals surface area (Å²) in [7, 11) is -1.61. The molecule has 0 aliphatic heterocycles. The van der Waals surface area contributed by atoms with Gasteiger partial charge in [-0.2, -0.15) is 0 Å². The van der Waals surface area contributed by atoms with Gasteiger partial charge in [-0.05, 0) is 13.1 Å². The van der Waals surface area contributed by atoms with Crippen molar-refractivity contribution in [3.8, 4) is 0 Å². The molecule has 0 saturated heterocycles. The summed E-state index contributed by atoms with van der Waals surface area (Å²) in [6.07, 6.45) is 0. The van der Waals surface area contributed by atoms with E-state index >= 15 is 0 Å². The summed E-state index contributed by atoms with van der Waals surface area (Å²) in [5.74, 6) is 0. The topological polar surface area (TPSA) is 0 Å². The van der Waals surface area contributed by atoms with Crippen molar-refractivity contribution in [2.45, 2.75) is 13.1 Å². The van der Waals surface area contributed by atoms with E-state index in [9.17, 15) is 0 Å². The van der Waals surface area contributed by atoms with E-state index in [2.05, 4.69) is 0 Å². The Bertz CT molecular complexity index is 19.1. The highest BCUT2D eigenvalue weighted by molar-refractivity contribution is 6.80. The van der Waals surface area contributed by atoms with Crippen LogP contribution in [0.25, 0.3) is 0 Å². The molecule has 0 nitrogen and oxygen atoms in total. The van der Waals surface area contributed by atoms with Gasteiger partial charge in [0.05, 0.1) is 8.07 Å². The van der Waals surface area contributed by atoms with Crippen molar-refractivity contribution >= 4 is 8.07 Å². The predicted molar refractivity (Wildman–Crippen MR) is 26.1 cm³/mol. The van der Waals surface area contributed by atoms with Crippen molar-refractivity contribution in [1.29, 1.82) is 0 Å². The second-order valence-electron chi connectivity index (χ2n) is 1.82. The molecule has 0 atom stereocenters. The van der Waals surface area contributed by atoms with Gasteiger partial charge in [0.15, 0.2) is 0 Å². The summed E-state index contributed by atoms with van der Waals surface area (Å²) >= 11 is 0. The van der Waals surface area contributed by atoms with Gasteiger partial charge in [0.1, 0.15) is 0 Å². The van der Waals surface area contributed by atoms with Crippen LogP contribution in [0.5, 0.6) is 0 Å². The van der Waals surface area contributed by atoms with Gasteiger partial charge in [-0.3, -0.25) is 0 Å². The van der Waals surface area contributed by atoms with Crippen LogP contribution in [0.1, 0.15) is 0 Å². The molecule has 0 spiro atoms. The standard InChI is InChI=1S/C4H8Si/c1-5(2,3)4/h1-2H,3-4H3. The molecule has 0 aromatic heterocycles. The third-order valence-corrected chi connectivity index (χ3v) is 0. The molecule has 0 N–H and O–H groups in total. The zero-order chi connectivity index (χ0) is 4.50. The van der Waals surface area contributed by atoms with Crippen LogP contribution in [0.3, 0.4) is 0 Å². The monoisotopic (exact) mass is 84.0 g/mol. The summed E-state index contributed by atoms with van der Waals surface area (Å²) in [5, 5.41) is 0. The van der Waals surface area contributed by atoms with Crippen LogP contribution in [0, 0.1) is 13.1 Å². The summed E-state index contributed by atoms with van der Waals surface area (Å²) in [6, 6.07) is 0. The lowest BCUT2D eigenvalue weighted by Crippen LogP contribution is -2.13. The van der Waals surface area contributed by atoms with Crippen molar-refractivity contribution in [2.24, 2.45) is 0 Å². The average Bonchev–Trinajstić information content (AvgIpc) is 0.722. The fourth-order valence-electron chi connectivity index (χ4n) is 0. The van der Waals surface area contributed by atoms with Crippen LogP contribution < -0.4 is 0 Å². The molecule has 0 unspecified atom stereocenters. The molecule has 5 heavy (non-hydrogen) atoms. The second-order valence-corrected chi connectivity index (χ2v) is 5.46. The van der Waals surface area contributed by atoms with Crippen molar-refractivity contribution < 1.29 is 0 Å². The molecule has 0 amide bonds. The van der Waals surface area contributed by atoms with Crippen LogP contribution in [-0.4, -0.2) is 8.07 Å². The number of hydrogen-bond acceptors (Lipinski definition) is 0. The molecule has 0 aromatic rings. The largest absolute Gasteiger partial charge is 0.0689 e. The predicted octanol–water partition coefficient (Wildman–Crippen LogP) is 1.20. The maximum Gasteiger partial charge on any atom is 0.0535 e. The molecule has 0 heterocycles. The third kappa shape index (κ3) is 441. The fraction of sp³-hybridized carbons (Fsp3) is 0.500. The molecule has 0 fully saturated rings. The third-order valence-electron chi connectivity index (χ3n) is 0. The smallest absolute Gasteiger partial charge is 0.0535 e. The Kier molecular flexibility index (Phi) is 1.18. The summed E-state index contributed by atoms with van der Waals surface area (Å²) in [6.45, 7) is 14.3. The van der Waals surface area contributed by atoms with Gasteiger partial charge in [0.25, 0.3) is 0 Å². The molecule has 4 radical (unpaired) electrons. The first-order valence-electron chi connectivity index (χ1n) is 1.58. The van der Waals surface area contributed by atoms with Crippen LogP contribution in [0.15, 0.2) is 0 Å². The van der Waals surface area contributed by atoms with E-state index < -0.39 is 8.07 Å². The van der Waals surface area contributed by atoms with E-state index in [0.29, 0.717) is 0 Å². The normalized spacial score (nSPS) is 12.0. The lowest BCUT2D eigenvalue weighted by atomic mass is 11.8. The Labute approximate surface area is 35.2 Å². The molecule has 28 valence electrons. The molecule has 0 aliphatic rings. The first-order chi connectivity index (χ1) is 2.00. The minimum atomic E-state index is -1.61. The number of rotatable bonds is 0. The summed E-state index contributed by atoms with van der Waals surface area (Å²) < 4.78 is 0. The van der Waals surface area contributed by atoms with E-state index in [1.807, 2.05) is 13.1 Å². The highest BCUT2D eigenvalue weighted by Gasteiger charge is 2.00. The Morgan fingerprint density at radius 2 is 1.20 bits per heavy atom. The van der Waals surface area contributed by atoms with E-state index in [-0.39, 0.29) is 0 Å². The van der Waals surface area contributed by atoms with Gasteiger partial charge in [0.2, 0.25) is 0 Å². The molecule has 0 rings (SSSR count). The van der Waals surface area contributed by atoms with Gasteiger partial charge < -0.3 is 0 Å². The summed E-state index contributed by atoms with van der Waals surface area (Å²) in [4.78, 5) is 0. The Hall–Kier alpha value is 0.217. The lowest BCUT2D eigenvalue weighted by Gasteiger charge is -2.00. The van der Waals surface area contributed by atoms with Gasteiger partial charge in [-0.15, -0.1) is 0 Å². The number of hydrogen-bond donors (Lipinski definition) is 0. The molecule has 1 heteroatoms. The molecule has 0 saturated carbocycles. The maximum absolute atomic E-state index is 5.27. The highest BCUT2D eigenvalue weighted by atomic mass is 28.3. The van der Waals surface area contributed by atoms with Gasteiger partial charge in [-0.25, -0.2) is 0 Å². The Morgan fingerprint density at radius 3 is 1.20 bits per heavy atom. The quantitative estimate of drug-likeness (QED) is 0.387. The zero-order valence-corrected chi connectivity index (χ0v) is 4.65. The van der Waals surface area contributed by atoms with E-state index in [1.54, 1.807) is 0 Å². The lowest BCUT2D eigenvalue weighted by molar-refractivity contribution is 1.87. The maximum atomic E-state index is 5.27. The molecular weight excluding hydrogens is 76.1 g/mol. The van der Waals surface area contributed by atoms with E-state index in [1.165, 1.54) is 0 Å². The average molecular weight is 84.2 g/mol. The van der Waals surface area contributed by atoms with E-state index in [4.69, 9.17) is 13.1 Å². The minimum absolute atomic E-state index is 1.61. The zero-order valence-electron chi connectivity index (χ0n) is 3.65. The van der Waals surface area contributed by atoms with Crippen molar-refractivity contribution in [2.75, 3.05) is 0 Å². The van der Waals surface area contributed by atoms with Crippen LogP contribution in [0.4, 0.5) is 0 Å². The van der Waals surface area contributed by atoms with Crippen LogP contribution in [-0.2, 0) is 0 Å². The molecule has 0 aromatic carbocycles. The van der Waals surface area contributed by atoms with Gasteiger partial charge in [0, 0.05) is 0 Å². The van der Waals surface area contributed by atoms with Crippen molar-refractivity contribution in [3.63, 3.8) is 0 Å². The first kappa shape index (κ1) is 5.22. The van der Waals surface area contributed by atoms with Crippen molar-refractivity contribution in [1.82, 2.24) is 0 Å². The SMILES string of the molecule is [CH][Si]([CH])(C)C. The van der Waals surface area contributed by atoms with Gasteiger partial charge in [-0.1, -0.05) is 13.1 Å². The second kappa shape index (κ2) is 1.13. The molecule has 0 aliphatic carbocycles. The minimum Gasteiger partial charge on any atom is -0.0689 e. The van der Waals surface area contributed by atoms with Crippen LogP contribution >= 0.6 is 0 Å². The van der Waals surface area contributed by atoms with Gasteiger partial charge >= 0.3 is 0 Å². The fourth-order valence-corrected chi connectivity index (χ4v) is 0. The Balaban J connectivity index is 3.02. The Morgan fingerprint density at radius 1 is 1.20 bits per heavy atom. The molecular formula is C4H8Si.